The van der Waals surface area contributed by atoms with Crippen molar-refractivity contribution in [3.8, 4) is 0 Å². The normalized spacial score (nSPS) is 11.9. The summed E-state index contributed by atoms with van der Waals surface area (Å²) >= 11 is 1.53. The Kier molecular flexibility index (Phi) is 4.02. The topological polar surface area (TPSA) is 85.1 Å². The highest BCUT2D eigenvalue weighted by Gasteiger charge is 2.23. The third kappa shape index (κ3) is 3.02. The minimum Gasteiger partial charge on any atom is -0.360 e. The number of nitrogens with zero attached hydrogens (tertiary/aromatic N) is 2. The molecule has 2 heterocycles. The molecular formula is C11H15N3O3S2. The van der Waals surface area contributed by atoms with E-state index in [9.17, 15) is 8.42 Å². The molecule has 0 radical (unpaired) electrons. The SMILES string of the molecule is Cc1ncsc1CCNS(=O)(=O)c1c(C)noc1C. The van der Waals surface area contributed by atoms with Crippen LogP contribution in [-0.4, -0.2) is 25.1 Å². The van der Waals surface area contributed by atoms with Crippen molar-refractivity contribution in [2.75, 3.05) is 6.54 Å². The summed E-state index contributed by atoms with van der Waals surface area (Å²) in [5.74, 6) is 0.305. The molecule has 0 amide bonds. The molecular weight excluding hydrogens is 286 g/mol. The number of thiazole rings is 1. The second kappa shape index (κ2) is 5.40. The van der Waals surface area contributed by atoms with Crippen molar-refractivity contribution in [2.45, 2.75) is 32.1 Å². The third-order valence-corrected chi connectivity index (χ3v) is 5.42. The molecule has 2 aromatic heterocycles. The third-order valence-electron chi connectivity index (χ3n) is 2.73. The van der Waals surface area contributed by atoms with E-state index in [0.717, 1.165) is 10.6 Å². The number of rotatable bonds is 5. The van der Waals surface area contributed by atoms with Gasteiger partial charge in [-0.25, -0.2) is 18.1 Å². The minimum atomic E-state index is -3.57. The maximum atomic E-state index is 12.1. The van der Waals surface area contributed by atoms with Gasteiger partial charge in [0.1, 0.15) is 10.6 Å². The summed E-state index contributed by atoms with van der Waals surface area (Å²) in [5.41, 5.74) is 3.08. The Morgan fingerprint density at radius 3 is 2.58 bits per heavy atom. The summed E-state index contributed by atoms with van der Waals surface area (Å²) in [6.07, 6.45) is 0.624. The average molecular weight is 301 g/mol. The summed E-state index contributed by atoms with van der Waals surface area (Å²) in [5, 5.41) is 3.65. The van der Waals surface area contributed by atoms with Crippen molar-refractivity contribution < 1.29 is 12.9 Å². The predicted octanol–water partition coefficient (Wildman–Crippen LogP) is 1.58. The first kappa shape index (κ1) is 14.2. The molecule has 0 spiro atoms. The van der Waals surface area contributed by atoms with Crippen molar-refractivity contribution in [3.05, 3.63) is 27.5 Å². The van der Waals surface area contributed by atoms with Crippen LogP contribution in [0.3, 0.4) is 0 Å². The fourth-order valence-corrected chi connectivity index (χ4v) is 3.93. The molecule has 2 rings (SSSR count). The molecule has 0 bridgehead atoms. The van der Waals surface area contributed by atoms with E-state index in [1.54, 1.807) is 19.4 Å². The van der Waals surface area contributed by atoms with E-state index in [1.165, 1.54) is 11.3 Å². The molecule has 0 unspecified atom stereocenters. The van der Waals surface area contributed by atoms with Crippen LogP contribution >= 0.6 is 11.3 Å². The molecule has 104 valence electrons. The minimum absolute atomic E-state index is 0.133. The fraction of sp³-hybridized carbons (Fsp3) is 0.455. The summed E-state index contributed by atoms with van der Waals surface area (Å²) in [4.78, 5) is 5.34. The van der Waals surface area contributed by atoms with E-state index in [0.29, 0.717) is 24.4 Å². The van der Waals surface area contributed by atoms with Crippen molar-refractivity contribution in [1.82, 2.24) is 14.9 Å². The van der Waals surface area contributed by atoms with Gasteiger partial charge in [-0.1, -0.05) is 5.16 Å². The maximum Gasteiger partial charge on any atom is 0.245 e. The number of aryl methyl sites for hydroxylation is 3. The lowest BCUT2D eigenvalue weighted by Crippen LogP contribution is -2.26. The Hall–Kier alpha value is -1.25. The highest BCUT2D eigenvalue weighted by Crippen LogP contribution is 2.18. The molecule has 8 heteroatoms. The molecule has 19 heavy (non-hydrogen) atoms. The van der Waals surface area contributed by atoms with Gasteiger partial charge < -0.3 is 4.52 Å². The van der Waals surface area contributed by atoms with E-state index >= 15 is 0 Å². The fourth-order valence-electron chi connectivity index (χ4n) is 1.80. The van der Waals surface area contributed by atoms with Crippen molar-refractivity contribution in [2.24, 2.45) is 0 Å². The number of sulfonamides is 1. The lowest BCUT2D eigenvalue weighted by Gasteiger charge is -2.05. The van der Waals surface area contributed by atoms with Gasteiger partial charge >= 0.3 is 0 Å². The highest BCUT2D eigenvalue weighted by molar-refractivity contribution is 7.89. The summed E-state index contributed by atoms with van der Waals surface area (Å²) in [6.45, 7) is 5.43. The Morgan fingerprint density at radius 1 is 1.32 bits per heavy atom. The van der Waals surface area contributed by atoms with Gasteiger partial charge in [-0.2, -0.15) is 0 Å². The van der Waals surface area contributed by atoms with E-state index in [4.69, 9.17) is 4.52 Å². The van der Waals surface area contributed by atoms with E-state index < -0.39 is 10.0 Å². The summed E-state index contributed by atoms with van der Waals surface area (Å²) in [6, 6.07) is 0. The van der Waals surface area contributed by atoms with Crippen molar-refractivity contribution >= 4 is 21.4 Å². The van der Waals surface area contributed by atoms with Crippen LogP contribution in [0.5, 0.6) is 0 Å². The number of hydrogen-bond donors (Lipinski definition) is 1. The predicted molar refractivity (Wildman–Crippen MR) is 71.7 cm³/mol. The molecule has 0 aliphatic carbocycles. The smallest absolute Gasteiger partial charge is 0.245 e. The molecule has 1 N–H and O–H groups in total. The molecule has 0 aliphatic heterocycles. The second-order valence-corrected chi connectivity index (χ2v) is 6.81. The van der Waals surface area contributed by atoms with Crippen LogP contribution in [0, 0.1) is 20.8 Å². The number of aromatic nitrogens is 2. The first-order valence-corrected chi connectivity index (χ1v) is 8.09. The Bertz CT molecular complexity index is 654. The molecule has 0 saturated heterocycles. The average Bonchev–Trinajstić information content (AvgIpc) is 2.86. The van der Waals surface area contributed by atoms with Crippen LogP contribution in [0.2, 0.25) is 0 Å². The van der Waals surface area contributed by atoms with Gasteiger partial charge in [0.2, 0.25) is 10.0 Å². The van der Waals surface area contributed by atoms with Crippen LogP contribution in [0.1, 0.15) is 22.0 Å². The zero-order valence-electron chi connectivity index (χ0n) is 10.9. The largest absolute Gasteiger partial charge is 0.360 e. The Labute approximate surface area is 115 Å². The summed E-state index contributed by atoms with van der Waals surface area (Å²) < 4.78 is 31.7. The van der Waals surface area contributed by atoms with Gasteiger partial charge in [-0.05, 0) is 27.2 Å². The number of hydrogen-bond acceptors (Lipinski definition) is 6. The Balaban J connectivity index is 2.05. The van der Waals surface area contributed by atoms with Crippen LogP contribution in [-0.2, 0) is 16.4 Å². The highest BCUT2D eigenvalue weighted by atomic mass is 32.2. The van der Waals surface area contributed by atoms with Crippen LogP contribution in [0.25, 0.3) is 0 Å². The van der Waals surface area contributed by atoms with Gasteiger partial charge in [-0.15, -0.1) is 11.3 Å². The molecule has 0 fully saturated rings. The molecule has 0 saturated carbocycles. The van der Waals surface area contributed by atoms with Crippen LogP contribution < -0.4 is 4.72 Å². The zero-order valence-corrected chi connectivity index (χ0v) is 12.6. The maximum absolute atomic E-state index is 12.1. The van der Waals surface area contributed by atoms with Crippen LogP contribution in [0.4, 0.5) is 0 Å². The van der Waals surface area contributed by atoms with E-state index in [2.05, 4.69) is 14.9 Å². The van der Waals surface area contributed by atoms with E-state index in [-0.39, 0.29) is 4.90 Å². The van der Waals surface area contributed by atoms with Gasteiger partial charge in [0.15, 0.2) is 5.76 Å². The summed E-state index contributed by atoms with van der Waals surface area (Å²) in [7, 11) is -3.57. The Morgan fingerprint density at radius 2 is 2.05 bits per heavy atom. The van der Waals surface area contributed by atoms with Gasteiger partial charge in [0.05, 0.1) is 11.2 Å². The quantitative estimate of drug-likeness (QED) is 0.906. The number of nitrogens with one attached hydrogen (secondary N) is 1. The molecule has 0 aromatic carbocycles. The molecule has 0 aliphatic rings. The van der Waals surface area contributed by atoms with Crippen molar-refractivity contribution in [3.63, 3.8) is 0 Å². The van der Waals surface area contributed by atoms with Gasteiger partial charge in [-0.3, -0.25) is 0 Å². The van der Waals surface area contributed by atoms with Gasteiger partial charge in [0.25, 0.3) is 0 Å². The standard InChI is InChI=1S/C11H15N3O3S2/c1-7-10(18-6-12-7)4-5-13-19(15,16)11-8(2)14-17-9(11)3/h6,13H,4-5H2,1-3H3. The molecule has 2 aromatic rings. The first-order valence-electron chi connectivity index (χ1n) is 5.73. The second-order valence-electron chi connectivity index (χ2n) is 4.16. The lowest BCUT2D eigenvalue weighted by atomic mass is 10.3. The molecule has 0 atom stereocenters. The monoisotopic (exact) mass is 301 g/mol. The molecule has 6 nitrogen and oxygen atoms in total. The van der Waals surface area contributed by atoms with E-state index in [1.807, 2.05) is 6.92 Å². The van der Waals surface area contributed by atoms with Crippen molar-refractivity contribution in [1.29, 1.82) is 0 Å². The lowest BCUT2D eigenvalue weighted by molar-refractivity contribution is 0.390. The first-order chi connectivity index (χ1) is 8.92. The zero-order chi connectivity index (χ0) is 14.0. The van der Waals surface area contributed by atoms with Crippen LogP contribution in [0.15, 0.2) is 14.9 Å². The van der Waals surface area contributed by atoms with Gasteiger partial charge in [0, 0.05) is 11.4 Å².